The van der Waals surface area contributed by atoms with Gasteiger partial charge in [0.1, 0.15) is 5.69 Å². The first-order valence-electron chi connectivity index (χ1n) is 4.41. The van der Waals surface area contributed by atoms with Gasteiger partial charge in [-0.15, -0.1) is 9.36 Å². The maximum absolute atomic E-state index is 4.14. The molecule has 3 nitrogen and oxygen atoms in total. The van der Waals surface area contributed by atoms with Crippen LogP contribution in [0.2, 0.25) is 0 Å². The zero-order valence-electron chi connectivity index (χ0n) is 7.38. The van der Waals surface area contributed by atoms with Crippen LogP contribution in [0, 0.1) is 0 Å². The van der Waals surface area contributed by atoms with E-state index in [1.54, 1.807) is 0 Å². The van der Waals surface area contributed by atoms with Gasteiger partial charge < -0.3 is 0 Å². The van der Waals surface area contributed by atoms with Crippen LogP contribution in [-0.4, -0.2) is 9.67 Å². The molecule has 2 aromatic heterocycles. The van der Waals surface area contributed by atoms with Gasteiger partial charge in [-0.2, -0.15) is 0 Å². The molecule has 64 valence electrons. The molecule has 0 radical (unpaired) electrons. The van der Waals surface area contributed by atoms with Gasteiger partial charge in [0.25, 0.3) is 0 Å². The highest BCUT2D eigenvalue weighted by atomic mass is 15.4. The second-order valence-electron chi connectivity index (χ2n) is 3.33. The van der Waals surface area contributed by atoms with Crippen LogP contribution in [0.4, 0.5) is 0 Å². The van der Waals surface area contributed by atoms with E-state index in [9.17, 15) is 0 Å². The summed E-state index contributed by atoms with van der Waals surface area (Å²) in [5, 5.41) is 0. The molecule has 0 spiro atoms. The maximum Gasteiger partial charge on any atom is 0.207 e. The summed E-state index contributed by atoms with van der Waals surface area (Å²) in [4.78, 5) is 4.14. The van der Waals surface area contributed by atoms with E-state index in [-0.39, 0.29) is 0 Å². The predicted octanol–water partition coefficient (Wildman–Crippen LogP) is 1.08. The van der Waals surface area contributed by atoms with E-state index in [0.717, 1.165) is 0 Å². The van der Waals surface area contributed by atoms with Crippen LogP contribution in [0.15, 0.2) is 36.9 Å². The van der Waals surface area contributed by atoms with Gasteiger partial charge in [0.15, 0.2) is 6.20 Å². The summed E-state index contributed by atoms with van der Waals surface area (Å²) in [7, 11) is 0. The summed E-state index contributed by atoms with van der Waals surface area (Å²) in [5.41, 5.74) is 2.54. The summed E-state index contributed by atoms with van der Waals surface area (Å²) in [6.07, 6.45) is 7.91. The molecule has 0 saturated carbocycles. The second kappa shape index (κ2) is 2.19. The quantitative estimate of drug-likeness (QED) is 0.545. The fraction of sp³-hybridized carbons (Fsp3) is 0.200. The van der Waals surface area contributed by atoms with Crippen molar-refractivity contribution in [1.29, 1.82) is 0 Å². The van der Waals surface area contributed by atoms with E-state index in [0.29, 0.717) is 6.04 Å². The number of nitrogens with zero attached hydrogens (tertiary/aromatic N) is 3. The molecule has 0 fully saturated rings. The third kappa shape index (κ3) is 0.736. The molecule has 3 heterocycles. The van der Waals surface area contributed by atoms with Crippen LogP contribution >= 0.6 is 0 Å². The van der Waals surface area contributed by atoms with Crippen molar-refractivity contribution in [3.05, 3.63) is 42.5 Å². The van der Waals surface area contributed by atoms with Crippen molar-refractivity contribution in [3.8, 4) is 5.69 Å². The molecular weight excluding hydrogens is 162 g/mol. The van der Waals surface area contributed by atoms with E-state index >= 15 is 0 Å². The number of aromatic nitrogens is 3. The fourth-order valence-electron chi connectivity index (χ4n) is 1.96. The minimum Gasteiger partial charge on any atom is -0.262 e. The van der Waals surface area contributed by atoms with Gasteiger partial charge in [-0.3, -0.25) is 4.98 Å². The smallest absolute Gasteiger partial charge is 0.207 e. The van der Waals surface area contributed by atoms with Gasteiger partial charge in [-0.1, -0.05) is 0 Å². The van der Waals surface area contributed by atoms with Crippen LogP contribution < -0.4 is 4.68 Å². The van der Waals surface area contributed by atoms with Crippen LogP contribution in [0.25, 0.3) is 5.69 Å². The molecule has 3 heteroatoms. The Morgan fingerprint density at radius 2 is 2.46 bits per heavy atom. The lowest BCUT2D eigenvalue weighted by atomic mass is 10.1. The average Bonchev–Trinajstić information content (AvgIpc) is 2.72. The summed E-state index contributed by atoms with van der Waals surface area (Å²) >= 11 is 0. The fourth-order valence-corrected chi connectivity index (χ4v) is 1.96. The first-order chi connectivity index (χ1) is 6.38. The first-order valence-corrected chi connectivity index (χ1v) is 4.41. The van der Waals surface area contributed by atoms with Crippen molar-refractivity contribution in [2.24, 2.45) is 0 Å². The molecule has 0 aromatic carbocycles. The second-order valence-corrected chi connectivity index (χ2v) is 3.33. The predicted molar refractivity (Wildman–Crippen MR) is 47.6 cm³/mol. The van der Waals surface area contributed by atoms with E-state index in [1.807, 2.05) is 18.5 Å². The Morgan fingerprint density at radius 3 is 3.38 bits per heavy atom. The van der Waals surface area contributed by atoms with Crippen molar-refractivity contribution in [2.45, 2.75) is 13.0 Å². The Labute approximate surface area is 76.2 Å². The molecule has 0 aliphatic carbocycles. The van der Waals surface area contributed by atoms with E-state index in [4.69, 9.17) is 0 Å². The van der Waals surface area contributed by atoms with E-state index in [1.165, 1.54) is 11.3 Å². The molecular formula is C10H10N3+. The van der Waals surface area contributed by atoms with E-state index in [2.05, 4.69) is 39.7 Å². The maximum atomic E-state index is 4.14. The molecule has 2 aromatic rings. The van der Waals surface area contributed by atoms with Gasteiger partial charge in [-0.05, 0) is 6.07 Å². The highest BCUT2D eigenvalue weighted by Crippen LogP contribution is 2.24. The molecule has 1 unspecified atom stereocenters. The van der Waals surface area contributed by atoms with Crippen molar-refractivity contribution in [2.75, 3.05) is 0 Å². The van der Waals surface area contributed by atoms with Crippen LogP contribution in [0.5, 0.6) is 0 Å². The third-order valence-electron chi connectivity index (χ3n) is 2.64. The van der Waals surface area contributed by atoms with Gasteiger partial charge in [-0.25, -0.2) is 0 Å². The average molecular weight is 172 g/mol. The lowest BCUT2D eigenvalue weighted by molar-refractivity contribution is -0.770. The molecule has 1 atom stereocenters. The van der Waals surface area contributed by atoms with Crippen LogP contribution in [0.3, 0.4) is 0 Å². The highest BCUT2D eigenvalue weighted by Gasteiger charge is 2.31. The SMILES string of the molecule is CC1c2ccncc2-n2ccc[n+]21. The third-order valence-corrected chi connectivity index (χ3v) is 2.64. The van der Waals surface area contributed by atoms with E-state index < -0.39 is 0 Å². The van der Waals surface area contributed by atoms with Gasteiger partial charge in [0.05, 0.1) is 18.0 Å². The van der Waals surface area contributed by atoms with Crippen molar-refractivity contribution in [1.82, 2.24) is 9.67 Å². The van der Waals surface area contributed by atoms with Crippen LogP contribution in [-0.2, 0) is 0 Å². The number of rotatable bonds is 0. The number of hydrogen-bond acceptors (Lipinski definition) is 1. The minimum atomic E-state index is 0.424. The van der Waals surface area contributed by atoms with Gasteiger partial charge in [0.2, 0.25) is 6.04 Å². The van der Waals surface area contributed by atoms with Crippen LogP contribution in [0.1, 0.15) is 18.5 Å². The molecule has 0 bridgehead atoms. The molecule has 0 N–H and O–H groups in total. The number of hydrogen-bond donors (Lipinski definition) is 0. The summed E-state index contributed by atoms with van der Waals surface area (Å²) < 4.78 is 4.33. The lowest BCUT2D eigenvalue weighted by Crippen LogP contribution is -2.39. The highest BCUT2D eigenvalue weighted by molar-refractivity contribution is 5.39. The Kier molecular flexibility index (Phi) is 1.15. The lowest BCUT2D eigenvalue weighted by Gasteiger charge is -1.94. The van der Waals surface area contributed by atoms with Gasteiger partial charge >= 0.3 is 0 Å². The minimum absolute atomic E-state index is 0.424. The summed E-state index contributed by atoms with van der Waals surface area (Å²) in [6.45, 7) is 2.20. The monoisotopic (exact) mass is 172 g/mol. The Hall–Kier alpha value is -1.64. The summed E-state index contributed by atoms with van der Waals surface area (Å²) in [6, 6.07) is 4.56. The Bertz CT molecular complexity index is 459. The standard InChI is InChI=1S/C10H10N3/c1-8-9-3-4-11-7-10(9)13-6-2-5-12(8)13/h2-8H,1H3/q+1. The van der Waals surface area contributed by atoms with Gasteiger partial charge in [0, 0.05) is 19.2 Å². The Morgan fingerprint density at radius 1 is 1.54 bits per heavy atom. The molecule has 3 rings (SSSR count). The molecule has 1 aliphatic rings. The zero-order chi connectivity index (χ0) is 8.84. The molecule has 0 amide bonds. The van der Waals surface area contributed by atoms with Crippen molar-refractivity contribution in [3.63, 3.8) is 0 Å². The molecule has 0 saturated heterocycles. The topological polar surface area (TPSA) is 21.7 Å². The zero-order valence-corrected chi connectivity index (χ0v) is 7.38. The Balaban J connectivity index is 2.37. The largest absolute Gasteiger partial charge is 0.262 e. The first kappa shape index (κ1) is 6.83. The number of pyridine rings is 1. The van der Waals surface area contributed by atoms with Crippen molar-refractivity contribution >= 4 is 0 Å². The molecule has 1 aliphatic heterocycles. The normalized spacial score (nSPS) is 18.4. The van der Waals surface area contributed by atoms with Crippen molar-refractivity contribution < 1.29 is 4.68 Å². The number of fused-ring (bicyclic) bond motifs is 3. The summed E-state index contributed by atoms with van der Waals surface area (Å²) in [5.74, 6) is 0. The molecule has 13 heavy (non-hydrogen) atoms.